The number of nitrogens with two attached hydrogens (primary N) is 1. The molecule has 1 atom stereocenters. The van der Waals surface area contributed by atoms with Crippen LogP contribution in [0.15, 0.2) is 11.1 Å². The number of rotatable bonds is 13. The Morgan fingerprint density at radius 2 is 1.19 bits per heavy atom. The summed E-state index contributed by atoms with van der Waals surface area (Å²) in [5.41, 5.74) is 5.78. The van der Waals surface area contributed by atoms with Crippen LogP contribution in [0.25, 0.3) is 0 Å². The van der Waals surface area contributed by atoms with E-state index < -0.39 is 20.7 Å². The van der Waals surface area contributed by atoms with Gasteiger partial charge in [-0.15, -0.1) is 0 Å². The molecule has 0 aliphatic carbocycles. The van der Waals surface area contributed by atoms with E-state index in [2.05, 4.69) is 0 Å². The van der Waals surface area contributed by atoms with Crippen LogP contribution in [0.2, 0.25) is 0 Å². The van der Waals surface area contributed by atoms with Gasteiger partial charge in [0.25, 0.3) is 0 Å². The highest BCUT2D eigenvalue weighted by Crippen LogP contribution is 2.18. The smallest absolute Gasteiger partial charge is 0.478 e. The van der Waals surface area contributed by atoms with Crippen LogP contribution in [-0.4, -0.2) is 58.0 Å². The first-order valence-corrected chi connectivity index (χ1v) is 11.1. The van der Waals surface area contributed by atoms with E-state index in [-0.39, 0.29) is 16.8 Å². The largest absolute Gasteiger partial charge is 0.517 e. The van der Waals surface area contributed by atoms with Crippen LogP contribution in [-0.2, 0) is 22.9 Å². The second kappa shape index (κ2) is 15.8. The van der Waals surface area contributed by atoms with Gasteiger partial charge in [-0.05, 0) is 32.1 Å². The first kappa shape index (κ1) is 28.0. The molecule has 0 amide bonds. The van der Waals surface area contributed by atoms with Crippen molar-refractivity contribution in [3.63, 3.8) is 0 Å². The molecule has 160 valence electrons. The van der Waals surface area contributed by atoms with Crippen molar-refractivity contribution in [1.82, 2.24) is 0 Å². The highest BCUT2D eigenvalue weighted by Gasteiger charge is 2.44. The zero-order chi connectivity index (χ0) is 21.5. The van der Waals surface area contributed by atoms with Crippen LogP contribution >= 0.6 is 0 Å². The molecule has 0 spiro atoms. The number of hydrogen-bond acceptors (Lipinski definition) is 6. The number of carbonyl (C=O) groups is 2. The third kappa shape index (κ3) is 10.0. The Hall–Kier alpha value is -1.26. The summed E-state index contributed by atoms with van der Waals surface area (Å²) in [7, 11) is 2.15. The molecular formula is C18H37NO7Si. The van der Waals surface area contributed by atoms with Crippen molar-refractivity contribution in [1.29, 1.82) is 0 Å². The molecule has 27 heavy (non-hydrogen) atoms. The first-order chi connectivity index (χ1) is 12.7. The fraction of sp³-hybridized carbons (Fsp3) is 0.778. The Morgan fingerprint density at radius 1 is 0.852 bits per heavy atom. The molecule has 0 saturated carbocycles. The predicted molar refractivity (Wildman–Crippen MR) is 106 cm³/mol. The molecule has 4 N–H and O–H groups in total. The average molecular weight is 408 g/mol. The summed E-state index contributed by atoms with van der Waals surface area (Å²) in [5.74, 6) is -2.19. The van der Waals surface area contributed by atoms with E-state index in [4.69, 9.17) is 29.2 Å². The molecule has 0 fully saturated rings. The van der Waals surface area contributed by atoms with Crippen molar-refractivity contribution in [3.8, 4) is 0 Å². The SMILES string of the molecule is CCC(N)[Si](OC)(OC)OC.CCCC/C(C(=O)O)=C(\CCCC)C(=O)O. The molecule has 0 aromatic heterocycles. The molecule has 0 aromatic carbocycles. The van der Waals surface area contributed by atoms with Gasteiger partial charge >= 0.3 is 20.7 Å². The normalized spacial score (nSPS) is 13.3. The lowest BCUT2D eigenvalue weighted by Crippen LogP contribution is -2.58. The zero-order valence-electron chi connectivity index (χ0n) is 17.5. The third-order valence-corrected chi connectivity index (χ3v) is 7.21. The lowest BCUT2D eigenvalue weighted by atomic mass is 9.98. The number of carboxylic acid groups (broad SMARTS) is 2. The Morgan fingerprint density at radius 3 is 1.33 bits per heavy atom. The standard InChI is InChI=1S/C12H20O4.C6H17NO3Si/c1-3-5-7-9(11(13)14)10(12(15)16)8-6-4-2;1-5-6(7)11(8-2,9-3)10-4/h3-8H2,1-2H3,(H,13,14)(H,15,16);6H,5,7H2,1-4H3/b10-9-;. The minimum Gasteiger partial charge on any atom is -0.478 e. The molecule has 0 bridgehead atoms. The first-order valence-electron chi connectivity index (χ1n) is 9.30. The summed E-state index contributed by atoms with van der Waals surface area (Å²) in [4.78, 5) is 22.0. The van der Waals surface area contributed by atoms with Gasteiger partial charge in [0.05, 0.1) is 5.67 Å². The summed E-state index contributed by atoms with van der Waals surface area (Å²) in [6, 6.07) is 0. The Bertz CT molecular complexity index is 428. The van der Waals surface area contributed by atoms with Crippen LogP contribution in [0.4, 0.5) is 0 Å². The van der Waals surface area contributed by atoms with Crippen molar-refractivity contribution >= 4 is 20.7 Å². The lowest BCUT2D eigenvalue weighted by Gasteiger charge is -2.28. The summed E-state index contributed by atoms with van der Waals surface area (Å²) >= 11 is 0. The second-order valence-electron chi connectivity index (χ2n) is 6.01. The Balaban J connectivity index is 0. The predicted octanol–water partition coefficient (Wildman–Crippen LogP) is 2.97. The van der Waals surface area contributed by atoms with Gasteiger partial charge in [0.2, 0.25) is 0 Å². The molecule has 0 aromatic rings. The maximum atomic E-state index is 11.0. The van der Waals surface area contributed by atoms with Crippen LogP contribution in [0.5, 0.6) is 0 Å². The number of carboxylic acids is 2. The number of unbranched alkanes of at least 4 members (excludes halogenated alkanes) is 2. The molecule has 0 aliphatic heterocycles. The van der Waals surface area contributed by atoms with E-state index in [0.717, 1.165) is 19.3 Å². The van der Waals surface area contributed by atoms with E-state index >= 15 is 0 Å². The maximum absolute atomic E-state index is 11.0. The van der Waals surface area contributed by atoms with Gasteiger partial charge in [-0.3, -0.25) is 0 Å². The molecular weight excluding hydrogens is 370 g/mol. The zero-order valence-corrected chi connectivity index (χ0v) is 18.5. The third-order valence-electron chi connectivity index (χ3n) is 4.19. The molecule has 0 rings (SSSR count). The van der Waals surface area contributed by atoms with E-state index in [1.54, 1.807) is 21.3 Å². The fourth-order valence-corrected chi connectivity index (χ4v) is 4.34. The highest BCUT2D eigenvalue weighted by molar-refractivity contribution is 6.62. The van der Waals surface area contributed by atoms with Crippen molar-refractivity contribution in [2.24, 2.45) is 5.73 Å². The van der Waals surface area contributed by atoms with Crippen molar-refractivity contribution in [2.75, 3.05) is 21.3 Å². The van der Waals surface area contributed by atoms with Crippen molar-refractivity contribution < 1.29 is 33.1 Å². The topological polar surface area (TPSA) is 128 Å². The number of hydrogen-bond donors (Lipinski definition) is 3. The Labute approximate surface area is 164 Å². The molecule has 8 nitrogen and oxygen atoms in total. The highest BCUT2D eigenvalue weighted by atomic mass is 28.4. The van der Waals surface area contributed by atoms with Gasteiger partial charge in [-0.1, -0.05) is 33.6 Å². The van der Waals surface area contributed by atoms with Gasteiger partial charge in [0.1, 0.15) is 0 Å². The van der Waals surface area contributed by atoms with Gasteiger partial charge in [0, 0.05) is 32.5 Å². The quantitative estimate of drug-likeness (QED) is 0.314. The second-order valence-corrected chi connectivity index (χ2v) is 9.18. The van der Waals surface area contributed by atoms with Gasteiger partial charge < -0.3 is 29.2 Å². The summed E-state index contributed by atoms with van der Waals surface area (Å²) in [5, 5.41) is 18.0. The Kier molecular flexibility index (Phi) is 16.3. The maximum Gasteiger partial charge on any atom is 0.517 e. The molecule has 0 saturated heterocycles. The van der Waals surface area contributed by atoms with Crippen molar-refractivity contribution in [2.45, 2.75) is 71.4 Å². The van der Waals surface area contributed by atoms with E-state index in [0.29, 0.717) is 25.7 Å². The van der Waals surface area contributed by atoms with Crippen LogP contribution < -0.4 is 5.73 Å². The van der Waals surface area contributed by atoms with Gasteiger partial charge in [0.15, 0.2) is 0 Å². The van der Waals surface area contributed by atoms with E-state index in [1.165, 1.54) is 0 Å². The van der Waals surface area contributed by atoms with Crippen LogP contribution in [0.3, 0.4) is 0 Å². The van der Waals surface area contributed by atoms with Crippen LogP contribution in [0, 0.1) is 0 Å². The monoisotopic (exact) mass is 407 g/mol. The molecule has 9 heteroatoms. The van der Waals surface area contributed by atoms with Crippen molar-refractivity contribution in [3.05, 3.63) is 11.1 Å². The summed E-state index contributed by atoms with van der Waals surface area (Å²) in [6.45, 7) is 5.88. The number of aliphatic carboxylic acids is 2. The summed E-state index contributed by atoms with van der Waals surface area (Å²) < 4.78 is 15.5. The molecule has 1 unspecified atom stereocenters. The van der Waals surface area contributed by atoms with Crippen LogP contribution in [0.1, 0.15) is 65.7 Å². The average Bonchev–Trinajstić information content (AvgIpc) is 2.65. The van der Waals surface area contributed by atoms with E-state index in [9.17, 15) is 9.59 Å². The molecule has 0 radical (unpaired) electrons. The van der Waals surface area contributed by atoms with Gasteiger partial charge in [-0.2, -0.15) is 0 Å². The fourth-order valence-electron chi connectivity index (χ4n) is 2.44. The van der Waals surface area contributed by atoms with Gasteiger partial charge in [-0.25, -0.2) is 9.59 Å². The van der Waals surface area contributed by atoms with E-state index in [1.807, 2.05) is 20.8 Å². The molecule has 0 aliphatic rings. The molecule has 0 heterocycles. The minimum atomic E-state index is -2.54. The lowest BCUT2D eigenvalue weighted by molar-refractivity contribution is -0.136. The minimum absolute atomic E-state index is 0.0720. The summed E-state index contributed by atoms with van der Waals surface area (Å²) in [6.07, 6.45) is 4.63.